The number of hydrogen-bond acceptors (Lipinski definition) is 2. The lowest BCUT2D eigenvalue weighted by atomic mass is 10.2. The minimum absolute atomic E-state index is 0.100. The van der Waals surface area contributed by atoms with Crippen molar-refractivity contribution in [2.45, 2.75) is 39.5 Å². The standard InChI is InChI=1S/C15H23ClN2O/c1-3-4-5-10-18-15(19)9-11-17-14-8-6-7-13(16)12(14)2/h6-8,17H,3-5,9-11H2,1-2H3,(H,18,19). The molecule has 0 spiro atoms. The van der Waals surface area contributed by atoms with Gasteiger partial charge < -0.3 is 10.6 Å². The van der Waals surface area contributed by atoms with Crippen molar-refractivity contribution in [2.75, 3.05) is 18.4 Å². The van der Waals surface area contributed by atoms with E-state index in [1.54, 1.807) is 0 Å². The topological polar surface area (TPSA) is 41.1 Å². The molecule has 1 aromatic carbocycles. The zero-order valence-electron chi connectivity index (χ0n) is 11.8. The number of anilines is 1. The summed E-state index contributed by atoms with van der Waals surface area (Å²) in [7, 11) is 0. The summed E-state index contributed by atoms with van der Waals surface area (Å²) in [5, 5.41) is 6.91. The van der Waals surface area contributed by atoms with E-state index < -0.39 is 0 Å². The maximum atomic E-state index is 11.6. The van der Waals surface area contributed by atoms with E-state index in [2.05, 4.69) is 17.6 Å². The Bertz CT molecular complexity index is 407. The van der Waals surface area contributed by atoms with E-state index in [9.17, 15) is 4.79 Å². The quantitative estimate of drug-likeness (QED) is 0.713. The fourth-order valence-electron chi connectivity index (χ4n) is 1.80. The number of amides is 1. The summed E-state index contributed by atoms with van der Waals surface area (Å²) < 4.78 is 0. The summed E-state index contributed by atoms with van der Waals surface area (Å²) in [6, 6.07) is 5.74. The normalized spacial score (nSPS) is 10.3. The lowest BCUT2D eigenvalue weighted by Gasteiger charge is -2.10. The zero-order chi connectivity index (χ0) is 14.1. The predicted molar refractivity (Wildman–Crippen MR) is 81.8 cm³/mol. The molecule has 1 aromatic rings. The second kappa shape index (κ2) is 8.81. The summed E-state index contributed by atoms with van der Waals surface area (Å²) in [5.74, 6) is 0.100. The molecule has 0 aliphatic rings. The van der Waals surface area contributed by atoms with E-state index in [0.717, 1.165) is 29.2 Å². The maximum Gasteiger partial charge on any atom is 0.221 e. The first-order valence-electron chi connectivity index (χ1n) is 6.90. The molecular weight excluding hydrogens is 260 g/mol. The van der Waals surface area contributed by atoms with E-state index in [-0.39, 0.29) is 5.91 Å². The molecule has 1 rings (SSSR count). The molecule has 0 saturated carbocycles. The number of unbranched alkanes of at least 4 members (excludes halogenated alkanes) is 2. The molecule has 1 amide bonds. The van der Waals surface area contributed by atoms with Gasteiger partial charge in [-0.1, -0.05) is 37.4 Å². The minimum atomic E-state index is 0.100. The Morgan fingerprint density at radius 3 is 2.79 bits per heavy atom. The highest BCUT2D eigenvalue weighted by atomic mass is 35.5. The Labute approximate surface area is 120 Å². The van der Waals surface area contributed by atoms with Crippen molar-refractivity contribution >= 4 is 23.2 Å². The Morgan fingerprint density at radius 1 is 1.26 bits per heavy atom. The molecule has 0 unspecified atom stereocenters. The van der Waals surface area contributed by atoms with Gasteiger partial charge >= 0.3 is 0 Å². The van der Waals surface area contributed by atoms with Crippen LogP contribution in [0.3, 0.4) is 0 Å². The second-order valence-corrected chi connectivity index (χ2v) is 5.05. The lowest BCUT2D eigenvalue weighted by molar-refractivity contribution is -0.120. The average molecular weight is 283 g/mol. The molecule has 2 N–H and O–H groups in total. The smallest absolute Gasteiger partial charge is 0.221 e. The Balaban J connectivity index is 2.23. The van der Waals surface area contributed by atoms with Crippen molar-refractivity contribution in [1.29, 1.82) is 0 Å². The Kier molecular flexibility index (Phi) is 7.34. The van der Waals surface area contributed by atoms with Crippen LogP contribution in [0.1, 0.15) is 38.2 Å². The van der Waals surface area contributed by atoms with E-state index in [0.29, 0.717) is 13.0 Å². The molecule has 0 radical (unpaired) electrons. The third kappa shape index (κ3) is 5.97. The zero-order valence-corrected chi connectivity index (χ0v) is 12.5. The first-order valence-corrected chi connectivity index (χ1v) is 7.28. The Morgan fingerprint density at radius 2 is 2.05 bits per heavy atom. The van der Waals surface area contributed by atoms with Gasteiger partial charge in [0.1, 0.15) is 0 Å². The van der Waals surface area contributed by atoms with Crippen LogP contribution in [0.25, 0.3) is 0 Å². The van der Waals surface area contributed by atoms with Crippen molar-refractivity contribution in [1.82, 2.24) is 5.32 Å². The van der Waals surface area contributed by atoms with Crippen LogP contribution in [0.4, 0.5) is 5.69 Å². The van der Waals surface area contributed by atoms with E-state index in [1.807, 2.05) is 25.1 Å². The largest absolute Gasteiger partial charge is 0.384 e. The van der Waals surface area contributed by atoms with Gasteiger partial charge in [-0.05, 0) is 31.0 Å². The summed E-state index contributed by atoms with van der Waals surface area (Å²) in [4.78, 5) is 11.6. The number of carbonyl (C=O) groups excluding carboxylic acids is 1. The number of hydrogen-bond donors (Lipinski definition) is 2. The number of carbonyl (C=O) groups is 1. The molecule has 106 valence electrons. The van der Waals surface area contributed by atoms with Crippen LogP contribution in [0, 0.1) is 6.92 Å². The van der Waals surface area contributed by atoms with E-state index >= 15 is 0 Å². The molecule has 3 nitrogen and oxygen atoms in total. The van der Waals surface area contributed by atoms with Gasteiger partial charge in [0, 0.05) is 30.2 Å². The molecule has 0 atom stereocenters. The molecule has 0 bridgehead atoms. The van der Waals surface area contributed by atoms with Crippen LogP contribution in [0.5, 0.6) is 0 Å². The monoisotopic (exact) mass is 282 g/mol. The number of nitrogens with one attached hydrogen (secondary N) is 2. The fourth-order valence-corrected chi connectivity index (χ4v) is 1.98. The van der Waals surface area contributed by atoms with Crippen LogP contribution in [-0.4, -0.2) is 19.0 Å². The van der Waals surface area contributed by atoms with Gasteiger partial charge in [-0.2, -0.15) is 0 Å². The molecule has 0 aliphatic carbocycles. The summed E-state index contributed by atoms with van der Waals surface area (Å²) in [6.07, 6.45) is 3.88. The molecule has 0 fully saturated rings. The summed E-state index contributed by atoms with van der Waals surface area (Å²) in [5.41, 5.74) is 2.01. The molecule has 0 aromatic heterocycles. The van der Waals surface area contributed by atoms with Crippen LogP contribution < -0.4 is 10.6 Å². The highest BCUT2D eigenvalue weighted by Gasteiger charge is 2.03. The van der Waals surface area contributed by atoms with Gasteiger partial charge in [0.2, 0.25) is 5.91 Å². The highest BCUT2D eigenvalue weighted by Crippen LogP contribution is 2.22. The minimum Gasteiger partial charge on any atom is -0.384 e. The second-order valence-electron chi connectivity index (χ2n) is 4.65. The summed E-state index contributed by atoms with van der Waals surface area (Å²) >= 11 is 6.03. The Hall–Kier alpha value is -1.22. The molecule has 0 saturated heterocycles. The van der Waals surface area contributed by atoms with Crippen LogP contribution in [-0.2, 0) is 4.79 Å². The van der Waals surface area contributed by atoms with Gasteiger partial charge in [-0.25, -0.2) is 0 Å². The summed E-state index contributed by atoms with van der Waals surface area (Å²) in [6.45, 7) is 5.53. The number of halogens is 1. The van der Waals surface area contributed by atoms with Gasteiger partial charge in [0.25, 0.3) is 0 Å². The van der Waals surface area contributed by atoms with Crippen molar-refractivity contribution < 1.29 is 4.79 Å². The third-order valence-corrected chi connectivity index (χ3v) is 3.45. The number of rotatable bonds is 8. The molecular formula is C15H23ClN2O. The lowest BCUT2D eigenvalue weighted by Crippen LogP contribution is -2.26. The van der Waals surface area contributed by atoms with Crippen molar-refractivity contribution in [2.24, 2.45) is 0 Å². The van der Waals surface area contributed by atoms with Crippen molar-refractivity contribution in [3.63, 3.8) is 0 Å². The fraction of sp³-hybridized carbons (Fsp3) is 0.533. The van der Waals surface area contributed by atoms with Gasteiger partial charge in [0.05, 0.1) is 0 Å². The van der Waals surface area contributed by atoms with Crippen molar-refractivity contribution in [3.05, 3.63) is 28.8 Å². The highest BCUT2D eigenvalue weighted by molar-refractivity contribution is 6.31. The average Bonchev–Trinajstić information content (AvgIpc) is 2.40. The van der Waals surface area contributed by atoms with Crippen LogP contribution >= 0.6 is 11.6 Å². The molecule has 19 heavy (non-hydrogen) atoms. The van der Waals surface area contributed by atoms with Crippen LogP contribution in [0.2, 0.25) is 5.02 Å². The van der Waals surface area contributed by atoms with Gasteiger partial charge in [-0.3, -0.25) is 4.79 Å². The molecule has 0 heterocycles. The van der Waals surface area contributed by atoms with E-state index in [4.69, 9.17) is 11.6 Å². The van der Waals surface area contributed by atoms with E-state index in [1.165, 1.54) is 12.8 Å². The van der Waals surface area contributed by atoms with Gasteiger partial charge in [0.15, 0.2) is 0 Å². The SMILES string of the molecule is CCCCCNC(=O)CCNc1cccc(Cl)c1C. The molecule has 0 aliphatic heterocycles. The first kappa shape index (κ1) is 15.8. The predicted octanol–water partition coefficient (Wildman–Crippen LogP) is 3.76. The third-order valence-electron chi connectivity index (χ3n) is 3.04. The van der Waals surface area contributed by atoms with Crippen molar-refractivity contribution in [3.8, 4) is 0 Å². The van der Waals surface area contributed by atoms with Crippen LogP contribution in [0.15, 0.2) is 18.2 Å². The van der Waals surface area contributed by atoms with Gasteiger partial charge in [-0.15, -0.1) is 0 Å². The maximum absolute atomic E-state index is 11.6. The number of benzene rings is 1. The first-order chi connectivity index (χ1) is 9.15. The molecule has 4 heteroatoms.